The molecule has 0 radical (unpaired) electrons. The third-order valence-electron chi connectivity index (χ3n) is 5.84. The van der Waals surface area contributed by atoms with Gasteiger partial charge in [0.1, 0.15) is 0 Å². The summed E-state index contributed by atoms with van der Waals surface area (Å²) in [4.78, 5) is 23.4. The molecule has 1 aromatic rings. The van der Waals surface area contributed by atoms with Crippen LogP contribution in [0, 0.1) is 6.92 Å². The van der Waals surface area contributed by atoms with Crippen LogP contribution in [0.25, 0.3) is 0 Å². The number of ketones is 1. The summed E-state index contributed by atoms with van der Waals surface area (Å²) in [6, 6.07) is 5.69. The van der Waals surface area contributed by atoms with Crippen LogP contribution < -0.4 is 5.32 Å². The second-order valence-electron chi connectivity index (χ2n) is 8.69. The van der Waals surface area contributed by atoms with Crippen molar-refractivity contribution in [3.63, 3.8) is 0 Å². The molecule has 0 bridgehead atoms. The largest absolute Gasteiger partial charge is 0.469 e. The Hall–Kier alpha value is -2.10. The molecule has 0 heterocycles. The lowest BCUT2D eigenvalue weighted by molar-refractivity contribution is -0.140. The summed E-state index contributed by atoms with van der Waals surface area (Å²) < 4.78 is 4.59. The van der Waals surface area contributed by atoms with E-state index in [4.69, 9.17) is 0 Å². The van der Waals surface area contributed by atoms with Crippen molar-refractivity contribution in [2.24, 2.45) is 0 Å². The Morgan fingerprint density at radius 1 is 0.875 bits per heavy atom. The van der Waals surface area contributed by atoms with E-state index in [0.717, 1.165) is 30.6 Å². The Morgan fingerprint density at radius 2 is 1.50 bits per heavy atom. The van der Waals surface area contributed by atoms with Crippen LogP contribution in [0.1, 0.15) is 113 Å². The van der Waals surface area contributed by atoms with E-state index in [1.165, 1.54) is 71.3 Å². The van der Waals surface area contributed by atoms with Crippen molar-refractivity contribution < 1.29 is 14.3 Å². The van der Waals surface area contributed by atoms with Crippen molar-refractivity contribution >= 4 is 17.4 Å². The van der Waals surface area contributed by atoms with Gasteiger partial charge in [-0.05, 0) is 56.4 Å². The predicted octanol–water partition coefficient (Wildman–Crippen LogP) is 7.80. The fourth-order valence-electron chi connectivity index (χ4n) is 3.75. The maximum atomic E-state index is 12.2. The first-order valence-corrected chi connectivity index (χ1v) is 12.7. The highest BCUT2D eigenvalue weighted by atomic mass is 16.5. The number of esters is 1. The number of hydrogen-bond acceptors (Lipinski definition) is 4. The van der Waals surface area contributed by atoms with E-state index >= 15 is 0 Å². The first kappa shape index (κ1) is 27.9. The van der Waals surface area contributed by atoms with E-state index in [1.807, 2.05) is 25.1 Å². The average Bonchev–Trinajstić information content (AvgIpc) is 2.80. The van der Waals surface area contributed by atoms with Gasteiger partial charge in [0.15, 0.2) is 5.78 Å². The van der Waals surface area contributed by atoms with Gasteiger partial charge < -0.3 is 10.1 Å². The van der Waals surface area contributed by atoms with Crippen molar-refractivity contribution in [2.75, 3.05) is 19.0 Å². The Balaban J connectivity index is 2.10. The monoisotopic (exact) mass is 443 g/mol. The number of carbonyl (C=O) groups excluding carboxylic acids is 2. The fourth-order valence-corrected chi connectivity index (χ4v) is 3.75. The number of Topliss-reactive ketones (excluding diaryl/α,β-unsaturated/α-hetero) is 1. The molecule has 1 N–H and O–H groups in total. The topological polar surface area (TPSA) is 55.4 Å². The number of carbonyl (C=O) groups is 2. The van der Waals surface area contributed by atoms with Crippen LogP contribution in [0.15, 0.2) is 30.4 Å². The summed E-state index contributed by atoms with van der Waals surface area (Å²) in [5, 5.41) is 3.46. The SMILES string of the molecule is CCCCCCCCCCCC=CCCCNc1ccc(C(=O)CCC(=O)OC)cc1C. The minimum absolute atomic E-state index is 0.0258. The minimum Gasteiger partial charge on any atom is -0.469 e. The van der Waals surface area contributed by atoms with Gasteiger partial charge in [0, 0.05) is 24.2 Å². The number of aryl methyl sites for hydroxylation is 1. The predicted molar refractivity (Wildman–Crippen MR) is 135 cm³/mol. The van der Waals surface area contributed by atoms with Gasteiger partial charge >= 0.3 is 5.97 Å². The highest BCUT2D eigenvalue weighted by molar-refractivity contribution is 5.98. The molecule has 0 unspecified atom stereocenters. The highest BCUT2D eigenvalue weighted by Gasteiger charge is 2.10. The Kier molecular flexibility index (Phi) is 16.1. The molecule has 4 heteroatoms. The van der Waals surface area contributed by atoms with Gasteiger partial charge in [-0.15, -0.1) is 0 Å². The van der Waals surface area contributed by atoms with Crippen molar-refractivity contribution in [1.29, 1.82) is 0 Å². The van der Waals surface area contributed by atoms with Crippen molar-refractivity contribution in [3.05, 3.63) is 41.5 Å². The summed E-state index contributed by atoms with van der Waals surface area (Å²) in [6.07, 6.45) is 20.8. The van der Waals surface area contributed by atoms with E-state index in [1.54, 1.807) is 0 Å². The summed E-state index contributed by atoms with van der Waals surface area (Å²) >= 11 is 0. The number of rotatable bonds is 19. The molecule has 0 aliphatic heterocycles. The van der Waals surface area contributed by atoms with Crippen molar-refractivity contribution in [2.45, 2.75) is 104 Å². The normalized spacial score (nSPS) is 11.1. The lowest BCUT2D eigenvalue weighted by Gasteiger charge is -2.10. The molecule has 4 nitrogen and oxygen atoms in total. The lowest BCUT2D eigenvalue weighted by Crippen LogP contribution is -2.07. The summed E-state index contributed by atoms with van der Waals surface area (Å²) in [7, 11) is 1.34. The number of hydrogen-bond donors (Lipinski definition) is 1. The molecule has 0 spiro atoms. The zero-order valence-corrected chi connectivity index (χ0v) is 20.7. The molecule has 0 aliphatic rings. The highest BCUT2D eigenvalue weighted by Crippen LogP contribution is 2.18. The van der Waals surface area contributed by atoms with Crippen LogP contribution in [0.5, 0.6) is 0 Å². The molecule has 32 heavy (non-hydrogen) atoms. The number of allylic oxidation sites excluding steroid dienone is 2. The smallest absolute Gasteiger partial charge is 0.305 e. The number of ether oxygens (including phenoxy) is 1. The second-order valence-corrected chi connectivity index (χ2v) is 8.69. The first-order chi connectivity index (χ1) is 15.6. The molecule has 1 rings (SSSR count). The van der Waals surface area contributed by atoms with Gasteiger partial charge in [-0.25, -0.2) is 0 Å². The number of benzene rings is 1. The minimum atomic E-state index is -0.351. The molecule has 180 valence electrons. The zero-order valence-electron chi connectivity index (χ0n) is 20.7. The van der Waals surface area contributed by atoms with E-state index in [0.29, 0.717) is 5.56 Å². The van der Waals surface area contributed by atoms with Gasteiger partial charge in [-0.2, -0.15) is 0 Å². The fraction of sp³-hybridized carbons (Fsp3) is 0.643. The van der Waals surface area contributed by atoms with Crippen LogP contribution in [-0.2, 0) is 9.53 Å². The molecule has 0 aliphatic carbocycles. The number of methoxy groups -OCH3 is 1. The van der Waals surface area contributed by atoms with Crippen molar-refractivity contribution in [1.82, 2.24) is 0 Å². The third kappa shape index (κ3) is 13.3. The molecule has 0 saturated heterocycles. The van der Waals surface area contributed by atoms with E-state index in [-0.39, 0.29) is 24.6 Å². The maximum absolute atomic E-state index is 12.2. The average molecular weight is 444 g/mol. The van der Waals surface area contributed by atoms with Crippen LogP contribution in [-0.4, -0.2) is 25.4 Å². The number of anilines is 1. The van der Waals surface area contributed by atoms with Gasteiger partial charge in [0.2, 0.25) is 0 Å². The standard InChI is InChI=1S/C28H45NO3/c1-4-5-6-7-8-9-10-11-12-13-14-15-16-17-22-29-26-19-18-25(23-24(26)2)27(30)20-21-28(31)32-3/h14-15,18-19,23,29H,4-13,16-17,20-22H2,1-3H3. The lowest BCUT2D eigenvalue weighted by atomic mass is 10.0. The first-order valence-electron chi connectivity index (χ1n) is 12.7. The summed E-state index contributed by atoms with van der Waals surface area (Å²) in [5.74, 6) is -0.377. The molecule has 0 amide bonds. The Labute approximate surface area is 196 Å². The zero-order chi connectivity index (χ0) is 23.4. The summed E-state index contributed by atoms with van der Waals surface area (Å²) in [6.45, 7) is 5.19. The molecule has 0 aromatic heterocycles. The van der Waals surface area contributed by atoms with Gasteiger partial charge in [-0.3, -0.25) is 9.59 Å². The van der Waals surface area contributed by atoms with Gasteiger partial charge in [0.05, 0.1) is 13.5 Å². The van der Waals surface area contributed by atoms with E-state index in [2.05, 4.69) is 29.1 Å². The molecule has 0 fully saturated rings. The Bertz CT molecular complexity index is 681. The molecule has 0 saturated carbocycles. The van der Waals surface area contributed by atoms with Crippen LogP contribution in [0.4, 0.5) is 5.69 Å². The van der Waals surface area contributed by atoms with Crippen LogP contribution >= 0.6 is 0 Å². The van der Waals surface area contributed by atoms with E-state index in [9.17, 15) is 9.59 Å². The van der Waals surface area contributed by atoms with Crippen LogP contribution in [0.3, 0.4) is 0 Å². The quantitative estimate of drug-likeness (QED) is 0.103. The summed E-state index contributed by atoms with van der Waals surface area (Å²) in [5.41, 5.74) is 2.76. The molecular formula is C28H45NO3. The second kappa shape index (κ2) is 18.5. The Morgan fingerprint density at radius 3 is 2.12 bits per heavy atom. The number of nitrogens with one attached hydrogen (secondary N) is 1. The van der Waals surface area contributed by atoms with Gasteiger partial charge in [-0.1, -0.05) is 70.4 Å². The third-order valence-corrected chi connectivity index (χ3v) is 5.84. The molecular weight excluding hydrogens is 398 g/mol. The van der Waals surface area contributed by atoms with Gasteiger partial charge in [0.25, 0.3) is 0 Å². The van der Waals surface area contributed by atoms with Crippen LogP contribution in [0.2, 0.25) is 0 Å². The van der Waals surface area contributed by atoms with E-state index < -0.39 is 0 Å². The maximum Gasteiger partial charge on any atom is 0.305 e. The molecule has 0 atom stereocenters. The van der Waals surface area contributed by atoms with Crippen molar-refractivity contribution in [3.8, 4) is 0 Å². The molecule has 1 aromatic carbocycles. The number of unbranched alkanes of at least 4 members (excludes halogenated alkanes) is 10.